The molecule has 4 heteroatoms. The van der Waals surface area contributed by atoms with Crippen molar-refractivity contribution in [2.45, 2.75) is 35.2 Å². The molecule has 122 valence electrons. The predicted molar refractivity (Wildman–Crippen MR) is 92.9 cm³/mol. The fourth-order valence-electron chi connectivity index (χ4n) is 2.85. The molecule has 0 spiro atoms. The summed E-state index contributed by atoms with van der Waals surface area (Å²) in [7, 11) is 3.37. The van der Waals surface area contributed by atoms with Gasteiger partial charge in [0.15, 0.2) is 0 Å². The van der Waals surface area contributed by atoms with E-state index in [4.69, 9.17) is 9.47 Å². The maximum Gasteiger partial charge on any atom is 0.118 e. The van der Waals surface area contributed by atoms with Crippen LogP contribution in [-0.2, 0) is 16.1 Å². The summed E-state index contributed by atoms with van der Waals surface area (Å²) in [5.41, 5.74) is 1.54. The normalized spacial score (nSPS) is 23.3. The number of thioether (sulfide) groups is 1. The van der Waals surface area contributed by atoms with Gasteiger partial charge in [-0.25, -0.2) is 0 Å². The first kappa shape index (κ1) is 16.4. The van der Waals surface area contributed by atoms with Crippen LogP contribution in [0.2, 0.25) is 0 Å². The molecular weight excluding hydrogens is 308 g/mol. The molecule has 3 nitrogen and oxygen atoms in total. The van der Waals surface area contributed by atoms with Crippen molar-refractivity contribution in [3.05, 3.63) is 59.7 Å². The Hall–Kier alpha value is -1.49. The maximum absolute atomic E-state index is 10.5. The van der Waals surface area contributed by atoms with Crippen LogP contribution < -0.4 is 4.74 Å². The van der Waals surface area contributed by atoms with Gasteiger partial charge in [-0.1, -0.05) is 24.3 Å². The lowest BCUT2D eigenvalue weighted by atomic mass is 9.73. The van der Waals surface area contributed by atoms with Crippen molar-refractivity contribution in [1.82, 2.24) is 0 Å². The zero-order chi connectivity index (χ0) is 16.3. The zero-order valence-corrected chi connectivity index (χ0v) is 14.3. The Morgan fingerprint density at radius 2 is 1.70 bits per heavy atom. The van der Waals surface area contributed by atoms with Crippen molar-refractivity contribution in [2.24, 2.45) is 0 Å². The van der Waals surface area contributed by atoms with E-state index in [0.29, 0.717) is 12.8 Å². The molecule has 3 rings (SSSR count). The molecular formula is C19H22O3S. The second kappa shape index (κ2) is 6.95. The summed E-state index contributed by atoms with van der Waals surface area (Å²) in [6, 6.07) is 16.4. The molecule has 1 aliphatic carbocycles. The maximum atomic E-state index is 10.5. The third kappa shape index (κ3) is 3.71. The summed E-state index contributed by atoms with van der Waals surface area (Å²) in [6.07, 6.45) is 1.55. The Morgan fingerprint density at radius 3 is 2.26 bits per heavy atom. The van der Waals surface area contributed by atoms with Crippen LogP contribution in [-0.4, -0.2) is 25.4 Å². The van der Waals surface area contributed by atoms with Crippen LogP contribution in [0.15, 0.2) is 53.4 Å². The summed E-state index contributed by atoms with van der Waals surface area (Å²) in [5.74, 6) is 1.80. The molecule has 23 heavy (non-hydrogen) atoms. The van der Waals surface area contributed by atoms with Gasteiger partial charge in [-0.3, -0.25) is 0 Å². The molecule has 0 saturated heterocycles. The van der Waals surface area contributed by atoms with Crippen molar-refractivity contribution in [3.63, 3.8) is 0 Å². The van der Waals surface area contributed by atoms with Gasteiger partial charge in [-0.15, -0.1) is 11.8 Å². The van der Waals surface area contributed by atoms with E-state index in [2.05, 4.69) is 24.3 Å². The number of methoxy groups -OCH3 is 2. The number of rotatable bonds is 6. The Kier molecular flexibility index (Phi) is 4.95. The number of aliphatic hydroxyl groups is 1. The van der Waals surface area contributed by atoms with Crippen molar-refractivity contribution < 1.29 is 14.6 Å². The first-order chi connectivity index (χ1) is 11.1. The third-order valence-corrected chi connectivity index (χ3v) is 5.50. The number of hydrogen-bond acceptors (Lipinski definition) is 4. The summed E-state index contributed by atoms with van der Waals surface area (Å²) in [5, 5.41) is 10.5. The fourth-order valence-corrected chi connectivity index (χ4v) is 3.70. The minimum absolute atomic E-state index is 0.184. The van der Waals surface area contributed by atoms with Gasteiger partial charge < -0.3 is 14.6 Å². The lowest BCUT2D eigenvalue weighted by Crippen LogP contribution is -2.45. The van der Waals surface area contributed by atoms with E-state index in [1.54, 1.807) is 26.0 Å². The van der Waals surface area contributed by atoms with Gasteiger partial charge in [0.25, 0.3) is 0 Å². The van der Waals surface area contributed by atoms with Gasteiger partial charge >= 0.3 is 0 Å². The van der Waals surface area contributed by atoms with Crippen LogP contribution in [0.25, 0.3) is 0 Å². The van der Waals surface area contributed by atoms with Crippen LogP contribution in [0.1, 0.15) is 24.0 Å². The largest absolute Gasteiger partial charge is 0.497 e. The van der Waals surface area contributed by atoms with E-state index in [9.17, 15) is 5.11 Å². The minimum Gasteiger partial charge on any atom is -0.497 e. The lowest BCUT2D eigenvalue weighted by Gasteiger charge is -2.43. The molecule has 2 aromatic rings. The zero-order valence-electron chi connectivity index (χ0n) is 13.5. The van der Waals surface area contributed by atoms with Crippen LogP contribution in [0.3, 0.4) is 0 Å². The van der Waals surface area contributed by atoms with E-state index in [-0.39, 0.29) is 6.10 Å². The molecule has 0 unspecified atom stereocenters. The fraction of sp³-hybridized carbons (Fsp3) is 0.368. The summed E-state index contributed by atoms with van der Waals surface area (Å²) < 4.78 is 10.4. The predicted octanol–water partition coefficient (Wildman–Crippen LogP) is 3.98. The molecule has 1 N–H and O–H groups in total. The molecule has 0 aliphatic heterocycles. The van der Waals surface area contributed by atoms with Gasteiger partial charge in [0.05, 0.1) is 18.8 Å². The number of ether oxygens (including phenoxy) is 2. The molecule has 0 heterocycles. The van der Waals surface area contributed by atoms with Gasteiger partial charge in [0.1, 0.15) is 5.75 Å². The van der Waals surface area contributed by atoms with E-state index < -0.39 is 5.60 Å². The minimum atomic E-state index is -0.708. The molecule has 0 amide bonds. The Balaban J connectivity index is 1.57. The van der Waals surface area contributed by atoms with Gasteiger partial charge in [0.2, 0.25) is 0 Å². The topological polar surface area (TPSA) is 38.7 Å². The van der Waals surface area contributed by atoms with Crippen LogP contribution >= 0.6 is 11.8 Å². The van der Waals surface area contributed by atoms with Gasteiger partial charge in [0, 0.05) is 30.6 Å². The molecule has 2 aromatic carbocycles. The smallest absolute Gasteiger partial charge is 0.118 e. The Bertz CT molecular complexity index is 631. The Morgan fingerprint density at radius 1 is 1.04 bits per heavy atom. The molecule has 0 aromatic heterocycles. The van der Waals surface area contributed by atoms with Crippen LogP contribution in [0.5, 0.6) is 5.75 Å². The molecule has 0 bridgehead atoms. The van der Waals surface area contributed by atoms with Crippen LogP contribution in [0.4, 0.5) is 0 Å². The van der Waals surface area contributed by atoms with E-state index in [1.807, 2.05) is 24.3 Å². The van der Waals surface area contributed by atoms with E-state index in [1.165, 1.54) is 10.5 Å². The quantitative estimate of drug-likeness (QED) is 0.813. The third-order valence-electron chi connectivity index (χ3n) is 4.42. The first-order valence-electron chi connectivity index (χ1n) is 7.74. The number of benzene rings is 2. The average Bonchev–Trinajstić information content (AvgIpc) is 2.58. The molecule has 1 saturated carbocycles. The summed E-state index contributed by atoms with van der Waals surface area (Å²) >= 11 is 1.79. The SMILES string of the molecule is COc1ccc(CSc2ccc([C@]3(O)C[C@@H](OC)C3)cc2)cc1. The highest BCUT2D eigenvalue weighted by molar-refractivity contribution is 7.98. The first-order valence-corrected chi connectivity index (χ1v) is 8.73. The highest BCUT2D eigenvalue weighted by atomic mass is 32.2. The monoisotopic (exact) mass is 330 g/mol. The second-order valence-corrected chi connectivity index (χ2v) is 7.01. The van der Waals surface area contributed by atoms with Gasteiger partial charge in [-0.2, -0.15) is 0 Å². The summed E-state index contributed by atoms with van der Waals surface area (Å²) in [6.45, 7) is 0. The van der Waals surface area contributed by atoms with Crippen molar-refractivity contribution >= 4 is 11.8 Å². The highest BCUT2D eigenvalue weighted by Crippen LogP contribution is 2.43. The van der Waals surface area contributed by atoms with Crippen molar-refractivity contribution in [2.75, 3.05) is 14.2 Å². The van der Waals surface area contributed by atoms with Crippen LogP contribution in [0, 0.1) is 0 Å². The molecule has 0 atom stereocenters. The van der Waals surface area contributed by atoms with Gasteiger partial charge in [-0.05, 0) is 35.4 Å². The van der Waals surface area contributed by atoms with E-state index in [0.717, 1.165) is 17.1 Å². The number of hydrogen-bond donors (Lipinski definition) is 1. The molecule has 1 fully saturated rings. The Labute approximate surface area is 141 Å². The molecule has 0 radical (unpaired) electrons. The lowest BCUT2D eigenvalue weighted by molar-refractivity contribution is -0.133. The standard InChI is InChI=1S/C19H22O3S/c1-21-16-7-3-14(4-8-16)13-23-18-9-5-15(6-10-18)19(20)11-17(12-19)22-2/h3-10,17,20H,11-13H2,1-2H3/t17-,19+. The molecule has 1 aliphatic rings. The summed E-state index contributed by atoms with van der Waals surface area (Å²) in [4.78, 5) is 1.20. The van der Waals surface area contributed by atoms with Crippen molar-refractivity contribution in [1.29, 1.82) is 0 Å². The average molecular weight is 330 g/mol. The van der Waals surface area contributed by atoms with Crippen molar-refractivity contribution in [3.8, 4) is 5.75 Å². The second-order valence-electron chi connectivity index (χ2n) is 5.96. The van der Waals surface area contributed by atoms with E-state index >= 15 is 0 Å². The highest BCUT2D eigenvalue weighted by Gasteiger charge is 2.44.